The summed E-state index contributed by atoms with van der Waals surface area (Å²) in [6.45, 7) is 2.10. The van der Waals surface area contributed by atoms with Gasteiger partial charge in [-0.25, -0.2) is 4.39 Å². The van der Waals surface area contributed by atoms with Gasteiger partial charge >= 0.3 is 0 Å². The van der Waals surface area contributed by atoms with E-state index >= 15 is 0 Å². The van der Waals surface area contributed by atoms with Crippen molar-refractivity contribution >= 4 is 27.5 Å². The molecule has 0 saturated heterocycles. The van der Waals surface area contributed by atoms with Crippen molar-refractivity contribution in [1.29, 1.82) is 5.26 Å². The fourth-order valence-electron chi connectivity index (χ4n) is 2.06. The van der Waals surface area contributed by atoms with Crippen LogP contribution in [0, 0.1) is 24.1 Å². The van der Waals surface area contributed by atoms with E-state index in [-0.39, 0.29) is 12.2 Å². The zero-order valence-electron chi connectivity index (χ0n) is 11.3. The average Bonchev–Trinajstić information content (AvgIpc) is 2.44. The molecule has 2 aromatic carbocycles. The van der Waals surface area contributed by atoms with E-state index in [0.29, 0.717) is 17.2 Å². The van der Waals surface area contributed by atoms with E-state index in [0.717, 1.165) is 15.6 Å². The number of benzene rings is 2. The molecule has 0 N–H and O–H groups in total. The molecule has 2 aromatic rings. The lowest BCUT2D eigenvalue weighted by Crippen LogP contribution is -2.01. The minimum atomic E-state index is -0.447. The molecule has 21 heavy (non-hydrogen) atoms. The molecule has 0 fully saturated rings. The van der Waals surface area contributed by atoms with E-state index < -0.39 is 5.82 Å². The first-order chi connectivity index (χ1) is 10.0. The summed E-state index contributed by atoms with van der Waals surface area (Å²) in [5.41, 5.74) is 2.69. The summed E-state index contributed by atoms with van der Waals surface area (Å²) in [6.07, 6.45) is 0. The Kier molecular flexibility index (Phi) is 5.22. The maximum atomic E-state index is 13.4. The van der Waals surface area contributed by atoms with Crippen molar-refractivity contribution in [2.75, 3.05) is 0 Å². The Bertz CT molecular complexity index is 712. The van der Waals surface area contributed by atoms with Crippen molar-refractivity contribution in [1.82, 2.24) is 0 Å². The van der Waals surface area contributed by atoms with Gasteiger partial charge in [-0.1, -0.05) is 15.9 Å². The standard InChI is InChI=1S/C16H12BrClFNO/c1-10-2-14(17)6-13(7-18)16(10)21-9-12-3-11(8-20)4-15(19)5-12/h2-6H,7,9H2,1H3. The largest absolute Gasteiger partial charge is 0.488 e. The van der Waals surface area contributed by atoms with E-state index in [4.69, 9.17) is 21.6 Å². The number of halogens is 3. The molecular formula is C16H12BrClFNO. The molecule has 2 rings (SSSR count). The van der Waals surface area contributed by atoms with Crippen LogP contribution in [0.4, 0.5) is 4.39 Å². The molecule has 0 aliphatic rings. The quantitative estimate of drug-likeness (QED) is 0.705. The normalized spacial score (nSPS) is 10.2. The number of rotatable bonds is 4. The van der Waals surface area contributed by atoms with Crippen LogP contribution in [-0.2, 0) is 12.5 Å². The number of aryl methyl sites for hydroxylation is 1. The van der Waals surface area contributed by atoms with Crippen LogP contribution in [0.5, 0.6) is 5.75 Å². The van der Waals surface area contributed by atoms with Gasteiger partial charge in [0.05, 0.1) is 17.5 Å². The van der Waals surface area contributed by atoms with Gasteiger partial charge in [0.1, 0.15) is 18.2 Å². The first-order valence-corrected chi connectivity index (χ1v) is 7.53. The van der Waals surface area contributed by atoms with E-state index in [1.807, 2.05) is 25.1 Å². The monoisotopic (exact) mass is 367 g/mol. The van der Waals surface area contributed by atoms with Crippen LogP contribution in [0.3, 0.4) is 0 Å². The molecule has 0 aliphatic heterocycles. The fraction of sp³-hybridized carbons (Fsp3) is 0.188. The molecule has 2 nitrogen and oxygen atoms in total. The van der Waals surface area contributed by atoms with Crippen molar-refractivity contribution in [3.05, 3.63) is 62.9 Å². The Hall–Kier alpha value is -1.57. The van der Waals surface area contributed by atoms with Crippen molar-refractivity contribution in [3.8, 4) is 11.8 Å². The number of nitriles is 1. The predicted molar refractivity (Wildman–Crippen MR) is 83.9 cm³/mol. The molecule has 5 heteroatoms. The Balaban J connectivity index is 2.25. The molecule has 0 spiro atoms. The number of hydrogen-bond acceptors (Lipinski definition) is 2. The van der Waals surface area contributed by atoms with Crippen LogP contribution in [0.25, 0.3) is 0 Å². The molecule has 0 aromatic heterocycles. The van der Waals surface area contributed by atoms with Gasteiger partial charge < -0.3 is 4.74 Å². The molecule has 0 heterocycles. The first-order valence-electron chi connectivity index (χ1n) is 6.21. The summed E-state index contributed by atoms with van der Waals surface area (Å²) < 4.78 is 20.1. The minimum Gasteiger partial charge on any atom is -0.488 e. The van der Waals surface area contributed by atoms with Crippen LogP contribution in [0.2, 0.25) is 0 Å². The molecule has 0 saturated carbocycles. The van der Waals surface area contributed by atoms with Crippen LogP contribution >= 0.6 is 27.5 Å². The summed E-state index contributed by atoms with van der Waals surface area (Å²) in [5.74, 6) is 0.566. The molecule has 0 aliphatic carbocycles. The lowest BCUT2D eigenvalue weighted by atomic mass is 10.1. The molecule has 108 valence electrons. The number of hydrogen-bond donors (Lipinski definition) is 0. The highest BCUT2D eigenvalue weighted by molar-refractivity contribution is 9.10. The Morgan fingerprint density at radius 2 is 2.05 bits per heavy atom. The maximum absolute atomic E-state index is 13.4. The third kappa shape index (κ3) is 3.96. The van der Waals surface area contributed by atoms with Crippen molar-refractivity contribution in [2.45, 2.75) is 19.4 Å². The van der Waals surface area contributed by atoms with E-state index in [2.05, 4.69) is 15.9 Å². The highest BCUT2D eigenvalue weighted by atomic mass is 79.9. The highest BCUT2D eigenvalue weighted by Gasteiger charge is 2.09. The molecule has 0 radical (unpaired) electrons. The van der Waals surface area contributed by atoms with Crippen molar-refractivity contribution < 1.29 is 9.13 Å². The summed E-state index contributed by atoms with van der Waals surface area (Å²) >= 11 is 9.34. The first kappa shape index (κ1) is 15.8. The number of alkyl halides is 1. The van der Waals surface area contributed by atoms with Crippen LogP contribution in [0.15, 0.2) is 34.8 Å². The highest BCUT2D eigenvalue weighted by Crippen LogP contribution is 2.30. The van der Waals surface area contributed by atoms with Crippen molar-refractivity contribution in [2.24, 2.45) is 0 Å². The lowest BCUT2D eigenvalue weighted by molar-refractivity contribution is 0.301. The van der Waals surface area contributed by atoms with E-state index in [9.17, 15) is 4.39 Å². The Morgan fingerprint density at radius 1 is 1.29 bits per heavy atom. The molecule has 0 atom stereocenters. The SMILES string of the molecule is Cc1cc(Br)cc(CCl)c1OCc1cc(F)cc(C#N)c1. The Labute approximate surface area is 136 Å². The van der Waals surface area contributed by atoms with Gasteiger partial charge in [-0.3, -0.25) is 0 Å². The van der Waals surface area contributed by atoms with Gasteiger partial charge in [0, 0.05) is 10.0 Å². The predicted octanol–water partition coefficient (Wildman–Crippen LogP) is 5.09. The van der Waals surface area contributed by atoms with Gasteiger partial charge in [-0.2, -0.15) is 5.26 Å². The van der Waals surface area contributed by atoms with Gasteiger partial charge in [0.25, 0.3) is 0 Å². The van der Waals surface area contributed by atoms with Gasteiger partial charge in [-0.15, -0.1) is 11.6 Å². The van der Waals surface area contributed by atoms with Crippen LogP contribution < -0.4 is 4.74 Å². The second kappa shape index (κ2) is 6.93. The van der Waals surface area contributed by atoms with Gasteiger partial charge in [-0.05, 0) is 48.4 Å². The van der Waals surface area contributed by atoms with Crippen LogP contribution in [-0.4, -0.2) is 0 Å². The summed E-state index contributed by atoms with van der Waals surface area (Å²) in [7, 11) is 0. The second-order valence-corrected chi connectivity index (χ2v) is 5.78. The van der Waals surface area contributed by atoms with E-state index in [1.165, 1.54) is 12.1 Å². The molecule has 0 bridgehead atoms. The molecular weight excluding hydrogens is 357 g/mol. The zero-order chi connectivity index (χ0) is 15.4. The second-order valence-electron chi connectivity index (χ2n) is 4.59. The molecule has 0 unspecified atom stereocenters. The summed E-state index contributed by atoms with van der Waals surface area (Å²) in [6, 6.07) is 9.90. The van der Waals surface area contributed by atoms with Gasteiger partial charge in [0.15, 0.2) is 0 Å². The fourth-order valence-corrected chi connectivity index (χ4v) is 2.88. The smallest absolute Gasteiger partial charge is 0.127 e. The average molecular weight is 369 g/mol. The lowest BCUT2D eigenvalue weighted by Gasteiger charge is -2.14. The third-order valence-corrected chi connectivity index (χ3v) is 3.68. The molecule has 0 amide bonds. The summed E-state index contributed by atoms with van der Waals surface area (Å²) in [5, 5.41) is 8.85. The minimum absolute atomic E-state index is 0.179. The summed E-state index contributed by atoms with van der Waals surface area (Å²) in [4.78, 5) is 0. The Morgan fingerprint density at radius 3 is 2.71 bits per heavy atom. The number of nitrogens with zero attached hydrogens (tertiary/aromatic N) is 1. The van der Waals surface area contributed by atoms with E-state index in [1.54, 1.807) is 6.07 Å². The third-order valence-electron chi connectivity index (χ3n) is 2.93. The van der Waals surface area contributed by atoms with Crippen molar-refractivity contribution in [3.63, 3.8) is 0 Å². The number of ether oxygens (including phenoxy) is 1. The maximum Gasteiger partial charge on any atom is 0.127 e. The van der Waals surface area contributed by atoms with Crippen LogP contribution in [0.1, 0.15) is 22.3 Å². The topological polar surface area (TPSA) is 33.0 Å². The van der Waals surface area contributed by atoms with Gasteiger partial charge in [0.2, 0.25) is 0 Å². The zero-order valence-corrected chi connectivity index (χ0v) is 13.6.